The molecule has 0 radical (unpaired) electrons. The van der Waals surface area contributed by atoms with Crippen molar-refractivity contribution in [2.45, 2.75) is 129 Å². The second-order valence-corrected chi connectivity index (χ2v) is 24.2. The zero-order valence-corrected chi connectivity index (χ0v) is 62.0. The van der Waals surface area contributed by atoms with E-state index in [4.69, 9.17) is 56.8 Å². The SMILES string of the molecule is CC(=O)OCCCC1c2cc3c4c(C[n+]5ccncc5)c2OCOc2c1cc1c(c2C[n+]2ccncc2)OCOc2c(cc5c(c2C[n+]2ccncc2)OCOc2c(cc(c(c2C[n+]2ccncc2)OCO4)C3CCCOC(C)=O)C5CCCOC(C)=O)C1CCCOC(C)=O.[Br-].[Br-].[Br-].[Br-]. The van der Waals surface area contributed by atoms with Crippen molar-refractivity contribution in [3.8, 4) is 46.0 Å². The van der Waals surface area contributed by atoms with Gasteiger partial charge in [-0.3, -0.25) is 39.1 Å². The number of hydrogen-bond acceptors (Lipinski definition) is 20. The van der Waals surface area contributed by atoms with Crippen molar-refractivity contribution in [3.05, 3.63) is 190 Å². The third-order valence-electron chi connectivity index (χ3n) is 18.0. The molecule has 0 saturated carbocycles. The Kier molecular flexibility index (Phi) is 26.6. The van der Waals surface area contributed by atoms with Crippen LogP contribution in [-0.2, 0) is 64.3 Å². The van der Waals surface area contributed by atoms with Gasteiger partial charge in [0.1, 0.15) is 68.2 Å². The first kappa shape index (κ1) is 75.6. The highest BCUT2D eigenvalue weighted by Crippen LogP contribution is 2.58. The highest BCUT2D eigenvalue weighted by Gasteiger charge is 2.43. The molecule has 0 unspecified atom stereocenters. The predicted octanol–water partition coefficient (Wildman–Crippen LogP) is -4.25. The Morgan fingerprint density at radius 3 is 0.650 bits per heavy atom. The molecule has 0 atom stereocenters. The molecule has 100 heavy (non-hydrogen) atoms. The monoisotopic (exact) mass is 1620 g/mol. The molecule has 0 spiro atoms. The lowest BCUT2D eigenvalue weighted by atomic mass is 9.74. The highest BCUT2D eigenvalue weighted by atomic mass is 79.9. The van der Waals surface area contributed by atoms with Crippen LogP contribution in [0, 0.1) is 0 Å². The minimum Gasteiger partial charge on any atom is -1.00 e. The molecular formula is C72H76Br4N8O16. The summed E-state index contributed by atoms with van der Waals surface area (Å²) in [4.78, 5) is 68.2. The maximum atomic E-state index is 12.7. The Morgan fingerprint density at radius 1 is 0.320 bits per heavy atom. The van der Waals surface area contributed by atoms with E-state index in [1.54, 1.807) is 49.6 Å². The summed E-state index contributed by atoms with van der Waals surface area (Å²) in [5.74, 6) is 0.312. The number of ether oxygens (including phenoxy) is 12. The number of esters is 4. The van der Waals surface area contributed by atoms with Gasteiger partial charge in [0.25, 0.3) is 0 Å². The van der Waals surface area contributed by atoms with Crippen LogP contribution >= 0.6 is 0 Å². The van der Waals surface area contributed by atoms with Gasteiger partial charge >= 0.3 is 23.9 Å². The van der Waals surface area contributed by atoms with Crippen LogP contribution in [-0.4, -0.2) is 97.4 Å². The van der Waals surface area contributed by atoms with Gasteiger partial charge in [-0.1, -0.05) is 0 Å². The van der Waals surface area contributed by atoms with Crippen LogP contribution in [0.15, 0.2) is 123 Å². The molecule has 0 amide bonds. The van der Waals surface area contributed by atoms with Crippen LogP contribution in [0.2, 0.25) is 0 Å². The summed E-state index contributed by atoms with van der Waals surface area (Å²) in [7, 11) is 0. The molecule has 0 saturated heterocycles. The first-order chi connectivity index (χ1) is 46.9. The smallest absolute Gasteiger partial charge is 0.302 e. The molecule has 28 heteroatoms. The predicted molar refractivity (Wildman–Crippen MR) is 335 cm³/mol. The molecule has 8 bridgehead atoms. The standard InChI is InChI=1S/C72H76N8O16.4BrH/c1-45(81)85-29-5-9-49-53-33-55-50(10-6-30-86-46(2)82)57-35-59-52(12-8-32-88-48(4)84)60-36-58-51(11-7-31-87-47(3)83)56-34-54(49)66-62(38-78-23-15-74-16-24-78)68(56)92-43-94-70(58)64(40-80-27-19-76-20-28-80)72(60)96-44-95-71(59)63(39-79-25-17-75-18-26-79)69(57)93-42-91-67(55)61(65(53)89-41-90-66)37-77-21-13-73-14-22-77;;;;/h13-28,33-36,49-52H,5-12,29-32,37-44H2,1-4H3;4*1H/q+4;;;;/p-4. The van der Waals surface area contributed by atoms with Gasteiger partial charge in [-0.15, -0.1) is 0 Å². The molecule has 528 valence electrons. The maximum Gasteiger partial charge on any atom is 0.302 e. The van der Waals surface area contributed by atoms with Gasteiger partial charge in [-0.25, -0.2) is 0 Å². The fourth-order valence-electron chi connectivity index (χ4n) is 14.1. The lowest BCUT2D eigenvalue weighted by Crippen LogP contribution is -3.00. The van der Waals surface area contributed by atoms with E-state index < -0.39 is 47.5 Å². The molecule has 0 N–H and O–H groups in total. The van der Waals surface area contributed by atoms with Gasteiger partial charge in [0.15, 0.2) is 75.8 Å². The summed E-state index contributed by atoms with van der Waals surface area (Å²) in [5, 5.41) is 0. The summed E-state index contributed by atoms with van der Waals surface area (Å²) in [5.41, 5.74) is 9.27. The number of carbonyl (C=O) groups is 4. The van der Waals surface area contributed by atoms with Crippen molar-refractivity contribution >= 4 is 23.9 Å². The average Bonchev–Trinajstić information content (AvgIpc) is 0.725. The van der Waals surface area contributed by atoms with Crippen molar-refractivity contribution in [3.63, 3.8) is 0 Å². The first-order valence-electron chi connectivity index (χ1n) is 32.5. The third kappa shape index (κ3) is 16.9. The fourth-order valence-corrected chi connectivity index (χ4v) is 14.1. The van der Waals surface area contributed by atoms with Crippen molar-refractivity contribution < 1.29 is 162 Å². The van der Waals surface area contributed by atoms with Gasteiger partial charge in [0, 0.05) is 95.9 Å². The van der Waals surface area contributed by atoms with Crippen LogP contribution in [0.1, 0.15) is 169 Å². The Hall–Kier alpha value is -8.60. The lowest BCUT2D eigenvalue weighted by molar-refractivity contribution is -0.689. The van der Waals surface area contributed by atoms with Crippen molar-refractivity contribution in [2.24, 2.45) is 0 Å². The molecule has 1 aliphatic carbocycles. The van der Waals surface area contributed by atoms with E-state index in [9.17, 15) is 19.2 Å². The van der Waals surface area contributed by atoms with Crippen LogP contribution in [0.3, 0.4) is 0 Å². The number of rotatable bonds is 24. The van der Waals surface area contributed by atoms with Gasteiger partial charge in [0.05, 0.1) is 76.0 Å². The number of nitrogens with zero attached hydrogens (tertiary/aromatic N) is 8. The van der Waals surface area contributed by atoms with E-state index in [-0.39, 0.29) is 148 Å². The normalized spacial score (nSPS) is 16.0. The lowest BCUT2D eigenvalue weighted by Gasteiger charge is -2.37. The molecule has 13 rings (SSSR count). The number of benzene rings is 4. The second kappa shape index (κ2) is 35.1. The van der Waals surface area contributed by atoms with Crippen molar-refractivity contribution in [2.75, 3.05) is 53.6 Å². The average molecular weight is 1630 g/mol. The Morgan fingerprint density at radius 2 is 0.490 bits per heavy atom. The third-order valence-corrected chi connectivity index (χ3v) is 18.0. The molecule has 5 aliphatic rings. The zero-order valence-electron chi connectivity index (χ0n) is 55.6. The molecule has 24 nitrogen and oxygen atoms in total. The fraction of sp³-hybridized carbons (Fsp3) is 0.389. The molecule has 8 heterocycles. The topological polar surface area (TPSA) is 246 Å². The summed E-state index contributed by atoms with van der Waals surface area (Å²) in [6.07, 6.45) is 32.2. The highest BCUT2D eigenvalue weighted by molar-refractivity contribution is 5.71. The number of carbonyl (C=O) groups excluding carboxylic acids is 4. The Labute approximate surface area is 620 Å². The number of hydrogen-bond donors (Lipinski definition) is 0. The van der Waals surface area contributed by atoms with Crippen LogP contribution in [0.5, 0.6) is 46.0 Å². The molecule has 8 aromatic rings. The Balaban J connectivity index is 0.00000292. The maximum absolute atomic E-state index is 12.7. The van der Waals surface area contributed by atoms with E-state index in [0.29, 0.717) is 120 Å². The molecular weight excluding hydrogens is 1550 g/mol. The van der Waals surface area contributed by atoms with Crippen molar-refractivity contribution in [1.82, 2.24) is 19.9 Å². The minimum absolute atomic E-state index is 0. The van der Waals surface area contributed by atoms with E-state index in [0.717, 1.165) is 44.5 Å². The first-order valence-corrected chi connectivity index (χ1v) is 32.5. The van der Waals surface area contributed by atoms with Gasteiger partial charge in [-0.05, 0) is 75.6 Å². The zero-order chi connectivity index (χ0) is 66.1. The van der Waals surface area contributed by atoms with E-state index in [1.165, 1.54) is 27.7 Å². The molecule has 0 fully saturated rings. The molecule has 4 aromatic carbocycles. The van der Waals surface area contributed by atoms with Crippen LogP contribution < -0.4 is 124 Å². The van der Waals surface area contributed by atoms with Crippen molar-refractivity contribution in [1.29, 1.82) is 0 Å². The number of halogens is 4. The summed E-state index contributed by atoms with van der Waals surface area (Å²) in [6.45, 7) is 6.06. The minimum atomic E-state index is -0.565. The largest absolute Gasteiger partial charge is 1.00 e. The Bertz CT molecular complexity index is 3540. The molecule has 4 aromatic heterocycles. The van der Waals surface area contributed by atoms with E-state index in [1.807, 2.05) is 67.8 Å². The van der Waals surface area contributed by atoms with Gasteiger partial charge in [0.2, 0.25) is 27.2 Å². The van der Waals surface area contributed by atoms with Crippen LogP contribution in [0.25, 0.3) is 0 Å². The summed E-state index contributed by atoms with van der Waals surface area (Å²) >= 11 is 0. The van der Waals surface area contributed by atoms with Gasteiger partial charge in [-0.2, -0.15) is 18.3 Å². The van der Waals surface area contributed by atoms with E-state index in [2.05, 4.69) is 44.2 Å². The van der Waals surface area contributed by atoms with E-state index >= 15 is 0 Å². The van der Waals surface area contributed by atoms with Crippen LogP contribution in [0.4, 0.5) is 0 Å². The molecule has 4 aliphatic heterocycles. The quantitative estimate of drug-likeness (QED) is 0.0241. The second-order valence-electron chi connectivity index (χ2n) is 24.2. The number of aromatic nitrogens is 8. The summed E-state index contributed by atoms with van der Waals surface area (Å²) < 4.78 is 88.4. The summed E-state index contributed by atoms with van der Waals surface area (Å²) in [6, 6.07) is 8.83. The van der Waals surface area contributed by atoms with Gasteiger partial charge < -0.3 is 125 Å².